The number of ether oxygens (including phenoxy) is 2. The molecular weight excluding hydrogens is 336 g/mol. The van der Waals surface area contributed by atoms with Gasteiger partial charge in [-0.1, -0.05) is 18.5 Å². The van der Waals surface area contributed by atoms with Gasteiger partial charge in [-0.3, -0.25) is 4.79 Å². The molecule has 2 N–H and O–H groups in total. The number of carbonyl (C=O) groups excluding carboxylic acids is 1. The third kappa shape index (κ3) is 6.25. The molecule has 134 valence electrons. The molecule has 0 fully saturated rings. The van der Waals surface area contributed by atoms with E-state index in [1.165, 1.54) is 18.9 Å². The number of carboxylic acids is 1. The van der Waals surface area contributed by atoms with Gasteiger partial charge in [-0.15, -0.1) is 0 Å². The summed E-state index contributed by atoms with van der Waals surface area (Å²) < 4.78 is 10.8. The third-order valence-corrected chi connectivity index (χ3v) is 3.46. The molecule has 2 atom stereocenters. The molecule has 1 rings (SSSR count). The fourth-order valence-electron chi connectivity index (χ4n) is 1.97. The van der Waals surface area contributed by atoms with Crippen LogP contribution in [0.4, 0.5) is 10.5 Å². The Bertz CT molecular complexity index is 582. The van der Waals surface area contributed by atoms with Crippen molar-refractivity contribution in [1.82, 2.24) is 4.90 Å². The maximum absolute atomic E-state index is 12.2. The SMILES string of the molecule is COCC(C)Oc1ccc(Cl)cc1NC(=O)N(C)CC(C)C(=O)O. The van der Waals surface area contributed by atoms with E-state index in [4.69, 9.17) is 26.2 Å². The van der Waals surface area contributed by atoms with Crippen molar-refractivity contribution in [2.75, 3.05) is 32.6 Å². The van der Waals surface area contributed by atoms with Crippen molar-refractivity contribution in [2.45, 2.75) is 20.0 Å². The number of rotatable bonds is 8. The number of nitrogens with zero attached hydrogens (tertiary/aromatic N) is 1. The average molecular weight is 359 g/mol. The number of carboxylic acid groups (broad SMARTS) is 1. The lowest BCUT2D eigenvalue weighted by Gasteiger charge is -2.22. The van der Waals surface area contributed by atoms with Crippen molar-refractivity contribution < 1.29 is 24.2 Å². The molecule has 0 aliphatic heterocycles. The monoisotopic (exact) mass is 358 g/mol. The molecule has 0 spiro atoms. The topological polar surface area (TPSA) is 88.1 Å². The molecule has 0 saturated heterocycles. The molecule has 1 aromatic carbocycles. The highest BCUT2D eigenvalue weighted by Crippen LogP contribution is 2.29. The highest BCUT2D eigenvalue weighted by molar-refractivity contribution is 6.31. The van der Waals surface area contributed by atoms with E-state index in [9.17, 15) is 9.59 Å². The molecule has 0 aliphatic carbocycles. The maximum atomic E-state index is 12.2. The fourth-order valence-corrected chi connectivity index (χ4v) is 2.14. The number of hydrogen-bond donors (Lipinski definition) is 2. The largest absolute Gasteiger partial charge is 0.486 e. The van der Waals surface area contributed by atoms with Crippen molar-refractivity contribution in [3.8, 4) is 5.75 Å². The number of urea groups is 1. The zero-order valence-corrected chi connectivity index (χ0v) is 15.0. The second-order valence-electron chi connectivity index (χ2n) is 5.57. The lowest BCUT2D eigenvalue weighted by atomic mass is 10.2. The fraction of sp³-hybridized carbons (Fsp3) is 0.500. The Balaban J connectivity index is 2.83. The summed E-state index contributed by atoms with van der Waals surface area (Å²) in [5.41, 5.74) is 0.408. The molecule has 0 heterocycles. The summed E-state index contributed by atoms with van der Waals surface area (Å²) in [4.78, 5) is 24.4. The molecule has 7 nitrogen and oxygen atoms in total. The highest BCUT2D eigenvalue weighted by atomic mass is 35.5. The van der Waals surface area contributed by atoms with Crippen LogP contribution in [0.15, 0.2) is 18.2 Å². The number of nitrogens with one attached hydrogen (secondary N) is 1. The van der Waals surface area contributed by atoms with Crippen LogP contribution in [-0.4, -0.2) is 55.4 Å². The molecular formula is C16H23ClN2O5. The summed E-state index contributed by atoms with van der Waals surface area (Å²) in [6, 6.07) is 4.43. The predicted octanol–water partition coefficient (Wildman–Crippen LogP) is 2.94. The minimum Gasteiger partial charge on any atom is -0.486 e. The third-order valence-electron chi connectivity index (χ3n) is 3.23. The molecule has 0 saturated carbocycles. The first-order chi connectivity index (χ1) is 11.2. The molecule has 0 bridgehead atoms. The van der Waals surface area contributed by atoms with E-state index >= 15 is 0 Å². The number of aliphatic carboxylic acids is 1. The number of amides is 2. The first-order valence-corrected chi connectivity index (χ1v) is 7.82. The van der Waals surface area contributed by atoms with Crippen LogP contribution in [0.3, 0.4) is 0 Å². The number of anilines is 1. The number of hydrogen-bond acceptors (Lipinski definition) is 4. The smallest absolute Gasteiger partial charge is 0.321 e. The van der Waals surface area contributed by atoms with E-state index in [1.807, 2.05) is 6.92 Å². The summed E-state index contributed by atoms with van der Waals surface area (Å²) in [5.74, 6) is -1.18. The van der Waals surface area contributed by atoms with E-state index < -0.39 is 17.9 Å². The Morgan fingerprint density at radius 3 is 2.62 bits per heavy atom. The van der Waals surface area contributed by atoms with Gasteiger partial charge in [0.15, 0.2) is 0 Å². The van der Waals surface area contributed by atoms with Crippen molar-refractivity contribution in [1.29, 1.82) is 0 Å². The highest BCUT2D eigenvalue weighted by Gasteiger charge is 2.19. The van der Waals surface area contributed by atoms with Crippen LogP contribution in [0, 0.1) is 5.92 Å². The second-order valence-corrected chi connectivity index (χ2v) is 6.01. The Hall–Kier alpha value is -1.99. The number of benzene rings is 1. The van der Waals surface area contributed by atoms with Crippen LogP contribution in [-0.2, 0) is 9.53 Å². The summed E-state index contributed by atoms with van der Waals surface area (Å²) in [6.45, 7) is 3.85. The lowest BCUT2D eigenvalue weighted by Crippen LogP contribution is -2.36. The minimum atomic E-state index is -0.963. The molecule has 0 radical (unpaired) electrons. The Morgan fingerprint density at radius 1 is 1.38 bits per heavy atom. The van der Waals surface area contributed by atoms with Crippen LogP contribution in [0.5, 0.6) is 5.75 Å². The van der Waals surface area contributed by atoms with E-state index in [1.54, 1.807) is 25.3 Å². The van der Waals surface area contributed by atoms with Crippen LogP contribution < -0.4 is 10.1 Å². The van der Waals surface area contributed by atoms with Gasteiger partial charge in [0.1, 0.15) is 11.9 Å². The van der Waals surface area contributed by atoms with Crippen molar-refractivity contribution in [2.24, 2.45) is 5.92 Å². The quantitative estimate of drug-likeness (QED) is 0.746. The normalized spacial score (nSPS) is 13.0. The minimum absolute atomic E-state index is 0.0813. The van der Waals surface area contributed by atoms with Crippen molar-refractivity contribution >= 4 is 29.3 Å². The van der Waals surface area contributed by atoms with Gasteiger partial charge in [0, 0.05) is 25.7 Å². The molecule has 2 unspecified atom stereocenters. The first-order valence-electron chi connectivity index (χ1n) is 7.44. The van der Waals surface area contributed by atoms with E-state index in [-0.39, 0.29) is 12.6 Å². The van der Waals surface area contributed by atoms with Gasteiger partial charge in [-0.2, -0.15) is 0 Å². The van der Waals surface area contributed by atoms with E-state index in [2.05, 4.69) is 5.32 Å². The number of halogens is 1. The molecule has 2 amide bonds. The molecule has 1 aromatic rings. The molecule has 0 aromatic heterocycles. The number of carbonyl (C=O) groups is 2. The van der Waals surface area contributed by atoms with Crippen LogP contribution in [0.2, 0.25) is 5.02 Å². The summed E-state index contributed by atoms with van der Waals surface area (Å²) >= 11 is 5.98. The van der Waals surface area contributed by atoms with Gasteiger partial charge >= 0.3 is 12.0 Å². The standard InChI is InChI=1S/C16H23ClN2O5/c1-10(15(20)21)8-19(3)16(22)18-13-7-12(17)5-6-14(13)24-11(2)9-23-4/h5-7,10-11H,8-9H2,1-4H3,(H,18,22)(H,20,21). The van der Waals surface area contributed by atoms with Gasteiger partial charge in [0.05, 0.1) is 18.2 Å². The summed E-state index contributed by atoms with van der Waals surface area (Å²) in [6.07, 6.45) is -0.211. The average Bonchev–Trinajstić information content (AvgIpc) is 2.49. The van der Waals surface area contributed by atoms with Crippen molar-refractivity contribution in [3.05, 3.63) is 23.2 Å². The molecule has 0 aliphatic rings. The van der Waals surface area contributed by atoms with E-state index in [0.717, 1.165) is 0 Å². The van der Waals surface area contributed by atoms with Gasteiger partial charge in [-0.25, -0.2) is 4.79 Å². The van der Waals surface area contributed by atoms with Gasteiger partial charge in [0.2, 0.25) is 0 Å². The zero-order chi connectivity index (χ0) is 18.3. The van der Waals surface area contributed by atoms with E-state index in [0.29, 0.717) is 23.1 Å². The second kappa shape index (κ2) is 9.34. The van der Waals surface area contributed by atoms with Crippen LogP contribution in [0.25, 0.3) is 0 Å². The van der Waals surface area contributed by atoms with Gasteiger partial charge < -0.3 is 24.8 Å². The Kier molecular flexibility index (Phi) is 7.81. The Morgan fingerprint density at radius 2 is 2.04 bits per heavy atom. The summed E-state index contributed by atoms with van der Waals surface area (Å²) in [7, 11) is 3.09. The Labute approximate surface area is 146 Å². The summed E-state index contributed by atoms with van der Waals surface area (Å²) in [5, 5.41) is 12.1. The van der Waals surface area contributed by atoms with Crippen LogP contribution >= 0.6 is 11.6 Å². The number of methoxy groups -OCH3 is 1. The zero-order valence-electron chi connectivity index (χ0n) is 14.2. The molecule has 24 heavy (non-hydrogen) atoms. The van der Waals surface area contributed by atoms with Gasteiger partial charge in [0.25, 0.3) is 0 Å². The molecule has 8 heteroatoms. The first kappa shape index (κ1) is 20.1. The van der Waals surface area contributed by atoms with Gasteiger partial charge in [-0.05, 0) is 25.1 Å². The maximum Gasteiger partial charge on any atom is 0.321 e. The van der Waals surface area contributed by atoms with Crippen LogP contribution in [0.1, 0.15) is 13.8 Å². The van der Waals surface area contributed by atoms with Crippen molar-refractivity contribution in [3.63, 3.8) is 0 Å². The lowest BCUT2D eigenvalue weighted by molar-refractivity contribution is -0.141. The predicted molar refractivity (Wildman–Crippen MR) is 91.9 cm³/mol.